The first-order chi connectivity index (χ1) is 35.2. The first-order valence-corrected chi connectivity index (χ1v) is 24.2. The van der Waals surface area contributed by atoms with Crippen LogP contribution in [-0.2, 0) is 0 Å². The monoisotopic (exact) mass is 903 g/mol. The van der Waals surface area contributed by atoms with Gasteiger partial charge in [-0.2, -0.15) is 0 Å². The van der Waals surface area contributed by atoms with Crippen LogP contribution in [0, 0.1) is 0 Å². The van der Waals surface area contributed by atoms with Crippen LogP contribution in [0.1, 0.15) is 0 Å². The van der Waals surface area contributed by atoms with E-state index in [1.54, 1.807) is 0 Å². The molecule has 71 heavy (non-hydrogen) atoms. The zero-order valence-electron chi connectivity index (χ0n) is 38.4. The lowest BCUT2D eigenvalue weighted by Crippen LogP contribution is -1.99. The minimum atomic E-state index is 0.897. The number of pyridine rings is 1. The van der Waals surface area contributed by atoms with Crippen molar-refractivity contribution in [2.75, 3.05) is 0 Å². The molecule has 0 saturated heterocycles. The Morgan fingerprint density at radius 2 is 0.845 bits per heavy atom. The second kappa shape index (κ2) is 15.5. The van der Waals surface area contributed by atoms with Crippen molar-refractivity contribution in [3.8, 4) is 56.1 Å². The number of benzene rings is 11. The molecule has 0 fully saturated rings. The summed E-state index contributed by atoms with van der Waals surface area (Å²) in [5, 5.41) is 10.9. The van der Waals surface area contributed by atoms with Crippen LogP contribution in [0.5, 0.6) is 0 Å². The maximum absolute atomic E-state index is 5.32. The van der Waals surface area contributed by atoms with Crippen LogP contribution in [0.3, 0.4) is 0 Å². The largest absolute Gasteiger partial charge is 0.294 e. The molecule has 0 bridgehead atoms. The van der Waals surface area contributed by atoms with E-state index in [1.165, 1.54) is 65.3 Å². The van der Waals surface area contributed by atoms with Gasteiger partial charge in [-0.05, 0) is 161 Å². The highest BCUT2D eigenvalue weighted by molar-refractivity contribution is 6.22. The number of aromatic nitrogens is 5. The molecule has 0 atom stereocenters. The average molecular weight is 904 g/mol. The SMILES string of the molecule is c1ccc(-n2c(-c3ccc(-n4c5ccccc5c5nc6ccc(-c7ccc8c(-c9ccc%10ccccc%10c9)c9ccccc9c(-c9ccc%10ccccc%10c9)c8c7)cn6c54)cc3)nc3ccccc32)cc1. The Morgan fingerprint density at radius 1 is 0.310 bits per heavy atom. The third-order valence-electron chi connectivity index (χ3n) is 14.6. The van der Waals surface area contributed by atoms with Crippen molar-refractivity contribution in [1.82, 2.24) is 23.5 Å². The second-order valence-electron chi connectivity index (χ2n) is 18.6. The van der Waals surface area contributed by atoms with Crippen molar-refractivity contribution >= 4 is 81.8 Å². The van der Waals surface area contributed by atoms with E-state index in [2.05, 4.69) is 262 Å². The van der Waals surface area contributed by atoms with Crippen molar-refractivity contribution in [2.24, 2.45) is 0 Å². The molecule has 4 heterocycles. The normalized spacial score (nSPS) is 11.9. The fourth-order valence-corrected chi connectivity index (χ4v) is 11.3. The van der Waals surface area contributed by atoms with Crippen molar-refractivity contribution < 1.29 is 0 Å². The third kappa shape index (κ3) is 6.13. The summed E-state index contributed by atoms with van der Waals surface area (Å²) in [4.78, 5) is 10.5. The zero-order chi connectivity index (χ0) is 46.6. The minimum absolute atomic E-state index is 0.897. The first-order valence-electron chi connectivity index (χ1n) is 24.2. The van der Waals surface area contributed by atoms with E-state index in [-0.39, 0.29) is 0 Å². The standard InChI is InChI=1S/C66H41N5/c1-2-18-51(19-3-1)70-60-25-13-11-23-58(60)67-65(70)44-30-34-52(35-31-44)71-59-24-12-10-22-56(59)64-66(71)69-41-50(33-37-61(69)68-64)47-32-36-55-57(40-47)63(49-29-27-43-15-5-7-17-46(43)39-49)54-21-9-8-20-53(54)62(55)48-28-26-42-14-4-6-16-45(42)38-48/h1-41H. The summed E-state index contributed by atoms with van der Waals surface area (Å²) in [7, 11) is 0. The van der Waals surface area contributed by atoms with Gasteiger partial charge < -0.3 is 0 Å². The van der Waals surface area contributed by atoms with E-state index in [4.69, 9.17) is 9.97 Å². The Hall–Kier alpha value is -9.58. The van der Waals surface area contributed by atoms with Crippen molar-refractivity contribution in [3.63, 3.8) is 0 Å². The predicted octanol–water partition coefficient (Wildman–Crippen LogP) is 17.1. The van der Waals surface area contributed by atoms with E-state index < -0.39 is 0 Å². The van der Waals surface area contributed by atoms with Crippen LogP contribution in [0.15, 0.2) is 249 Å². The van der Waals surface area contributed by atoms with Crippen LogP contribution < -0.4 is 0 Å². The van der Waals surface area contributed by atoms with E-state index in [0.717, 1.165) is 72.6 Å². The highest BCUT2D eigenvalue weighted by Gasteiger charge is 2.22. The maximum Gasteiger partial charge on any atom is 0.150 e. The van der Waals surface area contributed by atoms with Gasteiger partial charge in [0, 0.05) is 28.5 Å². The van der Waals surface area contributed by atoms with Crippen molar-refractivity contribution in [2.45, 2.75) is 0 Å². The quantitative estimate of drug-likeness (QED) is 0.156. The maximum atomic E-state index is 5.32. The summed E-state index contributed by atoms with van der Waals surface area (Å²) in [5.41, 5.74) is 16.3. The van der Waals surface area contributed by atoms with Gasteiger partial charge in [-0.25, -0.2) is 9.97 Å². The fourth-order valence-electron chi connectivity index (χ4n) is 11.3. The molecule has 0 aliphatic heterocycles. The van der Waals surface area contributed by atoms with Gasteiger partial charge >= 0.3 is 0 Å². The number of para-hydroxylation sites is 4. The lowest BCUT2D eigenvalue weighted by Gasteiger charge is -2.19. The highest BCUT2D eigenvalue weighted by atomic mass is 15.1. The summed E-state index contributed by atoms with van der Waals surface area (Å²) in [6.45, 7) is 0. The van der Waals surface area contributed by atoms with Crippen LogP contribution in [-0.4, -0.2) is 23.5 Å². The number of fused-ring (bicyclic) bond motifs is 10. The molecule has 0 N–H and O–H groups in total. The first kappa shape index (κ1) is 39.4. The summed E-state index contributed by atoms with van der Waals surface area (Å²) in [6, 6.07) is 87.8. The summed E-state index contributed by atoms with van der Waals surface area (Å²) in [5.74, 6) is 0.905. The predicted molar refractivity (Wildman–Crippen MR) is 296 cm³/mol. The van der Waals surface area contributed by atoms with E-state index >= 15 is 0 Å². The topological polar surface area (TPSA) is 40.0 Å². The molecular weight excluding hydrogens is 863 g/mol. The molecule has 0 aliphatic carbocycles. The van der Waals surface area contributed by atoms with Gasteiger partial charge in [0.1, 0.15) is 17.0 Å². The third-order valence-corrected chi connectivity index (χ3v) is 14.6. The molecule has 11 aromatic carbocycles. The van der Waals surface area contributed by atoms with Crippen LogP contribution in [0.2, 0.25) is 0 Å². The van der Waals surface area contributed by atoms with Crippen LogP contribution in [0.25, 0.3) is 138 Å². The summed E-state index contributed by atoms with van der Waals surface area (Å²) >= 11 is 0. The van der Waals surface area contributed by atoms with Gasteiger partial charge in [-0.1, -0.05) is 158 Å². The highest BCUT2D eigenvalue weighted by Crippen LogP contribution is 2.46. The van der Waals surface area contributed by atoms with Crippen LogP contribution >= 0.6 is 0 Å². The van der Waals surface area contributed by atoms with Gasteiger partial charge in [0.05, 0.1) is 16.6 Å². The number of rotatable bonds is 6. The molecule has 15 aromatic rings. The Bertz CT molecular complexity index is 4630. The lowest BCUT2D eigenvalue weighted by atomic mass is 9.84. The molecule has 15 rings (SSSR count). The molecule has 4 aromatic heterocycles. The van der Waals surface area contributed by atoms with Gasteiger partial charge in [0.25, 0.3) is 0 Å². The molecule has 0 unspecified atom stereocenters. The number of imidazole rings is 2. The zero-order valence-corrected chi connectivity index (χ0v) is 38.4. The van der Waals surface area contributed by atoms with Crippen molar-refractivity contribution in [3.05, 3.63) is 249 Å². The second-order valence-corrected chi connectivity index (χ2v) is 18.6. The molecule has 0 spiro atoms. The summed E-state index contributed by atoms with van der Waals surface area (Å²) < 4.78 is 6.89. The molecule has 0 aliphatic rings. The average Bonchev–Trinajstić information content (AvgIpc) is 4.12. The van der Waals surface area contributed by atoms with Crippen molar-refractivity contribution in [1.29, 1.82) is 0 Å². The van der Waals surface area contributed by atoms with Crippen LogP contribution in [0.4, 0.5) is 0 Å². The summed E-state index contributed by atoms with van der Waals surface area (Å²) in [6.07, 6.45) is 2.28. The molecule has 0 saturated carbocycles. The Morgan fingerprint density at radius 3 is 1.56 bits per heavy atom. The molecule has 5 nitrogen and oxygen atoms in total. The number of nitrogens with zero attached hydrogens (tertiary/aromatic N) is 5. The Labute approximate surface area is 408 Å². The molecular formula is C66H41N5. The fraction of sp³-hybridized carbons (Fsp3) is 0. The van der Waals surface area contributed by atoms with Gasteiger partial charge in [-0.15, -0.1) is 0 Å². The molecule has 330 valence electrons. The Balaban J connectivity index is 0.929. The molecule has 0 amide bonds. The van der Waals surface area contributed by atoms with E-state index in [0.29, 0.717) is 0 Å². The van der Waals surface area contributed by atoms with Gasteiger partial charge in [0.15, 0.2) is 5.65 Å². The lowest BCUT2D eigenvalue weighted by molar-refractivity contribution is 1.09. The van der Waals surface area contributed by atoms with Gasteiger partial charge in [-0.3, -0.25) is 13.5 Å². The minimum Gasteiger partial charge on any atom is -0.294 e. The van der Waals surface area contributed by atoms with E-state index in [9.17, 15) is 0 Å². The molecule has 5 heteroatoms. The van der Waals surface area contributed by atoms with Gasteiger partial charge in [0.2, 0.25) is 0 Å². The smallest absolute Gasteiger partial charge is 0.150 e. The number of hydrogen-bond acceptors (Lipinski definition) is 2. The molecule has 0 radical (unpaired) electrons. The number of hydrogen-bond donors (Lipinski definition) is 0. The Kier molecular flexibility index (Phi) is 8.59. The van der Waals surface area contributed by atoms with E-state index in [1.807, 2.05) is 0 Å².